The minimum Gasteiger partial charge on any atom is -0.467 e. The first-order valence-electron chi connectivity index (χ1n) is 5.76. The highest BCUT2D eigenvalue weighted by molar-refractivity contribution is 5.90. The molecule has 0 atom stereocenters. The SMILES string of the molecule is COC(=O)c1ccoc1CN(CCO)C1CC1. The van der Waals surface area contributed by atoms with Crippen molar-refractivity contribution < 1.29 is 19.1 Å². The summed E-state index contributed by atoms with van der Waals surface area (Å²) in [6.07, 6.45) is 3.79. The molecule has 1 aromatic heterocycles. The average Bonchev–Trinajstić information content (AvgIpc) is 3.08. The van der Waals surface area contributed by atoms with Crippen molar-refractivity contribution in [3.05, 3.63) is 23.7 Å². The van der Waals surface area contributed by atoms with E-state index in [1.165, 1.54) is 13.4 Å². The highest BCUT2D eigenvalue weighted by atomic mass is 16.5. The Balaban J connectivity index is 2.06. The van der Waals surface area contributed by atoms with Crippen LogP contribution in [0.2, 0.25) is 0 Å². The molecule has 1 aliphatic carbocycles. The minimum atomic E-state index is -0.381. The summed E-state index contributed by atoms with van der Waals surface area (Å²) in [7, 11) is 1.35. The van der Waals surface area contributed by atoms with Crippen molar-refractivity contribution in [2.24, 2.45) is 0 Å². The summed E-state index contributed by atoms with van der Waals surface area (Å²) in [6.45, 7) is 1.26. The van der Waals surface area contributed by atoms with E-state index in [1.54, 1.807) is 6.07 Å². The number of aliphatic hydroxyl groups is 1. The fourth-order valence-corrected chi connectivity index (χ4v) is 1.90. The van der Waals surface area contributed by atoms with Gasteiger partial charge in [-0.05, 0) is 18.9 Å². The molecule has 2 rings (SSSR count). The second kappa shape index (κ2) is 5.33. The Morgan fingerprint density at radius 3 is 3.00 bits per heavy atom. The van der Waals surface area contributed by atoms with Gasteiger partial charge in [0.1, 0.15) is 11.3 Å². The normalized spacial score (nSPS) is 15.2. The molecule has 0 bridgehead atoms. The summed E-state index contributed by atoms with van der Waals surface area (Å²) >= 11 is 0. The fourth-order valence-electron chi connectivity index (χ4n) is 1.90. The molecule has 0 spiro atoms. The van der Waals surface area contributed by atoms with E-state index in [0.29, 0.717) is 30.5 Å². The Morgan fingerprint density at radius 1 is 1.65 bits per heavy atom. The first-order valence-corrected chi connectivity index (χ1v) is 5.76. The molecule has 1 aliphatic rings. The van der Waals surface area contributed by atoms with Gasteiger partial charge in [-0.2, -0.15) is 0 Å². The number of esters is 1. The number of rotatable bonds is 6. The van der Waals surface area contributed by atoms with Gasteiger partial charge >= 0.3 is 5.97 Å². The van der Waals surface area contributed by atoms with Crippen LogP contribution in [0.1, 0.15) is 29.0 Å². The van der Waals surface area contributed by atoms with Crippen LogP contribution in [0.15, 0.2) is 16.7 Å². The zero-order valence-corrected chi connectivity index (χ0v) is 9.89. The van der Waals surface area contributed by atoms with Crippen LogP contribution in [0.25, 0.3) is 0 Å². The molecule has 5 heteroatoms. The monoisotopic (exact) mass is 239 g/mol. The molecule has 1 N–H and O–H groups in total. The molecule has 17 heavy (non-hydrogen) atoms. The molecule has 0 radical (unpaired) electrons. The van der Waals surface area contributed by atoms with Gasteiger partial charge < -0.3 is 14.3 Å². The zero-order valence-electron chi connectivity index (χ0n) is 9.89. The van der Waals surface area contributed by atoms with Gasteiger partial charge in [-0.3, -0.25) is 4.90 Å². The molecule has 0 aromatic carbocycles. The van der Waals surface area contributed by atoms with Crippen molar-refractivity contribution in [1.29, 1.82) is 0 Å². The summed E-state index contributed by atoms with van der Waals surface area (Å²) in [6, 6.07) is 2.13. The quantitative estimate of drug-likeness (QED) is 0.751. The highest BCUT2D eigenvalue weighted by Crippen LogP contribution is 2.28. The average molecular weight is 239 g/mol. The number of ether oxygens (including phenoxy) is 1. The number of nitrogens with zero attached hydrogens (tertiary/aromatic N) is 1. The van der Waals surface area contributed by atoms with Gasteiger partial charge in [0.05, 0.1) is 26.5 Å². The molecule has 0 aliphatic heterocycles. The smallest absolute Gasteiger partial charge is 0.341 e. The number of carbonyl (C=O) groups is 1. The van der Waals surface area contributed by atoms with E-state index in [9.17, 15) is 4.79 Å². The van der Waals surface area contributed by atoms with Gasteiger partial charge in [0, 0.05) is 12.6 Å². The second-order valence-corrected chi connectivity index (χ2v) is 4.17. The van der Waals surface area contributed by atoms with E-state index in [-0.39, 0.29) is 12.6 Å². The predicted molar refractivity (Wildman–Crippen MR) is 60.6 cm³/mol. The van der Waals surface area contributed by atoms with Crippen LogP contribution < -0.4 is 0 Å². The summed E-state index contributed by atoms with van der Waals surface area (Å²) in [5.74, 6) is 0.227. The lowest BCUT2D eigenvalue weighted by Gasteiger charge is -2.19. The van der Waals surface area contributed by atoms with Crippen LogP contribution in [-0.2, 0) is 11.3 Å². The van der Waals surface area contributed by atoms with Crippen LogP contribution in [0.5, 0.6) is 0 Å². The third-order valence-corrected chi connectivity index (χ3v) is 2.95. The molecule has 1 fully saturated rings. The van der Waals surface area contributed by atoms with Crippen molar-refractivity contribution in [2.45, 2.75) is 25.4 Å². The number of hydrogen-bond acceptors (Lipinski definition) is 5. The van der Waals surface area contributed by atoms with Crippen LogP contribution in [0.4, 0.5) is 0 Å². The van der Waals surface area contributed by atoms with Crippen molar-refractivity contribution >= 4 is 5.97 Å². The lowest BCUT2D eigenvalue weighted by atomic mass is 10.2. The lowest BCUT2D eigenvalue weighted by Crippen LogP contribution is -2.29. The maximum atomic E-state index is 11.5. The van der Waals surface area contributed by atoms with E-state index in [4.69, 9.17) is 9.52 Å². The number of methoxy groups -OCH3 is 1. The van der Waals surface area contributed by atoms with E-state index in [0.717, 1.165) is 12.8 Å². The summed E-state index contributed by atoms with van der Waals surface area (Å²) in [4.78, 5) is 13.6. The van der Waals surface area contributed by atoms with Gasteiger partial charge in [-0.15, -0.1) is 0 Å². The summed E-state index contributed by atoms with van der Waals surface area (Å²) < 4.78 is 10.0. The first kappa shape index (κ1) is 12.1. The first-order chi connectivity index (χ1) is 8.26. The Labute approximate surface area is 100.0 Å². The van der Waals surface area contributed by atoms with Crippen LogP contribution >= 0.6 is 0 Å². The molecule has 0 unspecified atom stereocenters. The van der Waals surface area contributed by atoms with Gasteiger partial charge in [-0.1, -0.05) is 0 Å². The van der Waals surface area contributed by atoms with E-state index in [2.05, 4.69) is 9.64 Å². The fraction of sp³-hybridized carbons (Fsp3) is 0.583. The number of hydrogen-bond donors (Lipinski definition) is 1. The van der Waals surface area contributed by atoms with E-state index >= 15 is 0 Å². The van der Waals surface area contributed by atoms with Crippen molar-refractivity contribution in [3.63, 3.8) is 0 Å². The Bertz CT molecular complexity index is 384. The van der Waals surface area contributed by atoms with Crippen LogP contribution in [-0.4, -0.2) is 42.3 Å². The van der Waals surface area contributed by atoms with E-state index in [1.807, 2.05) is 0 Å². The standard InChI is InChI=1S/C12H17NO4/c1-16-12(15)10-4-7-17-11(10)8-13(5-6-14)9-2-3-9/h4,7,9,14H,2-3,5-6,8H2,1H3. The molecular formula is C12H17NO4. The Hall–Kier alpha value is -1.33. The number of furan rings is 1. The molecule has 1 saturated carbocycles. The number of aliphatic hydroxyl groups excluding tert-OH is 1. The number of carbonyl (C=O) groups excluding carboxylic acids is 1. The van der Waals surface area contributed by atoms with Crippen molar-refractivity contribution in [3.8, 4) is 0 Å². The largest absolute Gasteiger partial charge is 0.467 e. The van der Waals surface area contributed by atoms with Gasteiger partial charge in [0.2, 0.25) is 0 Å². The van der Waals surface area contributed by atoms with Gasteiger partial charge in [-0.25, -0.2) is 4.79 Å². The molecule has 1 aromatic rings. The van der Waals surface area contributed by atoms with Crippen LogP contribution in [0.3, 0.4) is 0 Å². The van der Waals surface area contributed by atoms with Crippen LogP contribution in [0, 0.1) is 0 Å². The molecular weight excluding hydrogens is 222 g/mol. The summed E-state index contributed by atoms with van der Waals surface area (Å²) in [5, 5.41) is 9.00. The highest BCUT2D eigenvalue weighted by Gasteiger charge is 2.30. The molecule has 1 heterocycles. The topological polar surface area (TPSA) is 62.9 Å². The third kappa shape index (κ3) is 2.87. The minimum absolute atomic E-state index is 0.116. The Morgan fingerprint density at radius 2 is 2.41 bits per heavy atom. The van der Waals surface area contributed by atoms with E-state index < -0.39 is 0 Å². The molecule has 94 valence electrons. The van der Waals surface area contributed by atoms with Gasteiger partial charge in [0.15, 0.2) is 0 Å². The lowest BCUT2D eigenvalue weighted by molar-refractivity contribution is 0.0595. The summed E-state index contributed by atoms with van der Waals surface area (Å²) in [5.41, 5.74) is 0.469. The van der Waals surface area contributed by atoms with Crippen molar-refractivity contribution in [2.75, 3.05) is 20.3 Å². The zero-order chi connectivity index (χ0) is 12.3. The van der Waals surface area contributed by atoms with Crippen molar-refractivity contribution in [1.82, 2.24) is 4.90 Å². The maximum Gasteiger partial charge on any atom is 0.341 e. The third-order valence-electron chi connectivity index (χ3n) is 2.95. The molecule has 0 amide bonds. The molecule has 5 nitrogen and oxygen atoms in total. The van der Waals surface area contributed by atoms with Gasteiger partial charge in [0.25, 0.3) is 0 Å². The Kier molecular flexibility index (Phi) is 3.81. The predicted octanol–water partition coefficient (Wildman–Crippen LogP) is 1.02. The molecule has 0 saturated heterocycles. The second-order valence-electron chi connectivity index (χ2n) is 4.17. The maximum absolute atomic E-state index is 11.5.